The predicted molar refractivity (Wildman–Crippen MR) is 100 cm³/mol. The average Bonchev–Trinajstić information content (AvgIpc) is 3.21. The van der Waals surface area contributed by atoms with Gasteiger partial charge in [-0.15, -0.1) is 6.58 Å². The average molecular weight is 353 g/mol. The Morgan fingerprint density at radius 2 is 1.81 bits per heavy atom. The first-order valence-electron chi connectivity index (χ1n) is 8.70. The van der Waals surface area contributed by atoms with Crippen LogP contribution in [0.5, 0.6) is 0 Å². The van der Waals surface area contributed by atoms with Crippen LogP contribution in [-0.2, 0) is 4.79 Å². The molecule has 2 heterocycles. The van der Waals surface area contributed by atoms with Gasteiger partial charge in [-0.1, -0.05) is 24.3 Å². The first-order chi connectivity index (χ1) is 12.7. The minimum absolute atomic E-state index is 0.0295. The molecule has 1 aromatic carbocycles. The molecule has 6 heteroatoms. The molecule has 1 saturated heterocycles. The molecule has 2 aromatic rings. The summed E-state index contributed by atoms with van der Waals surface area (Å²) in [5, 5.41) is 0. The summed E-state index contributed by atoms with van der Waals surface area (Å²) >= 11 is 0. The van der Waals surface area contributed by atoms with E-state index in [9.17, 15) is 9.59 Å². The maximum Gasteiger partial charge on any atom is 0.289 e. The topological polar surface area (TPSA) is 57.0 Å². The second kappa shape index (κ2) is 8.49. The fraction of sp³-hybridized carbons (Fsp3) is 0.300. The van der Waals surface area contributed by atoms with Crippen molar-refractivity contribution < 1.29 is 14.0 Å². The highest BCUT2D eigenvalue weighted by molar-refractivity contribution is 5.95. The van der Waals surface area contributed by atoms with Gasteiger partial charge >= 0.3 is 0 Å². The van der Waals surface area contributed by atoms with Crippen molar-refractivity contribution in [1.29, 1.82) is 0 Å². The van der Waals surface area contributed by atoms with Crippen molar-refractivity contribution in [2.24, 2.45) is 0 Å². The Labute approximate surface area is 153 Å². The lowest BCUT2D eigenvalue weighted by Gasteiger charge is -2.35. The van der Waals surface area contributed by atoms with Crippen molar-refractivity contribution in [1.82, 2.24) is 9.80 Å². The summed E-state index contributed by atoms with van der Waals surface area (Å²) in [6, 6.07) is 13.0. The molecule has 0 bridgehead atoms. The van der Waals surface area contributed by atoms with Gasteiger partial charge in [0.25, 0.3) is 5.91 Å². The van der Waals surface area contributed by atoms with Crippen LogP contribution >= 0.6 is 0 Å². The van der Waals surface area contributed by atoms with E-state index >= 15 is 0 Å². The molecule has 0 unspecified atom stereocenters. The van der Waals surface area contributed by atoms with E-state index in [0.717, 1.165) is 5.69 Å². The fourth-order valence-corrected chi connectivity index (χ4v) is 3.03. The summed E-state index contributed by atoms with van der Waals surface area (Å²) in [6.07, 6.45) is 3.23. The number of hydrogen-bond donors (Lipinski definition) is 0. The van der Waals surface area contributed by atoms with E-state index in [-0.39, 0.29) is 11.8 Å². The van der Waals surface area contributed by atoms with Gasteiger partial charge in [-0.25, -0.2) is 0 Å². The normalized spacial score (nSPS) is 14.8. The summed E-state index contributed by atoms with van der Waals surface area (Å²) in [5.74, 6) is 0.288. The van der Waals surface area contributed by atoms with E-state index in [2.05, 4.69) is 11.5 Å². The number of hydrogen-bond acceptors (Lipinski definition) is 4. The molecule has 3 rings (SSSR count). The smallest absolute Gasteiger partial charge is 0.289 e. The summed E-state index contributed by atoms with van der Waals surface area (Å²) in [4.78, 5) is 30.6. The van der Waals surface area contributed by atoms with E-state index in [0.29, 0.717) is 45.0 Å². The molecule has 0 saturated carbocycles. The molecular formula is C20H23N3O3. The largest absolute Gasteiger partial charge is 0.459 e. The van der Waals surface area contributed by atoms with Crippen LogP contribution in [-0.4, -0.2) is 60.9 Å². The fourth-order valence-electron chi connectivity index (χ4n) is 3.03. The van der Waals surface area contributed by atoms with Crippen molar-refractivity contribution in [2.75, 3.05) is 44.2 Å². The molecule has 1 fully saturated rings. The third kappa shape index (κ3) is 4.21. The number of rotatable bonds is 6. The SMILES string of the molecule is C=CCN(C(=O)CN1CCN(C(=O)c2ccco2)CC1)c1ccccc1. The zero-order valence-electron chi connectivity index (χ0n) is 14.7. The number of amides is 2. The highest BCUT2D eigenvalue weighted by Crippen LogP contribution is 2.15. The van der Waals surface area contributed by atoms with Crippen LogP contribution < -0.4 is 4.90 Å². The van der Waals surface area contributed by atoms with Crippen LogP contribution in [0.2, 0.25) is 0 Å². The molecule has 1 aliphatic rings. The Morgan fingerprint density at radius 1 is 1.08 bits per heavy atom. The van der Waals surface area contributed by atoms with Crippen LogP contribution in [0.25, 0.3) is 0 Å². The van der Waals surface area contributed by atoms with Gasteiger partial charge in [0.05, 0.1) is 12.8 Å². The van der Waals surface area contributed by atoms with Crippen LogP contribution in [0, 0.1) is 0 Å². The number of nitrogens with zero attached hydrogens (tertiary/aromatic N) is 3. The summed E-state index contributed by atoms with van der Waals surface area (Å²) in [7, 11) is 0. The van der Waals surface area contributed by atoms with Crippen molar-refractivity contribution in [3.8, 4) is 0 Å². The molecule has 1 aromatic heterocycles. The van der Waals surface area contributed by atoms with E-state index in [1.165, 1.54) is 6.26 Å². The van der Waals surface area contributed by atoms with Crippen molar-refractivity contribution in [3.05, 3.63) is 67.1 Å². The van der Waals surface area contributed by atoms with Gasteiger partial charge in [0.1, 0.15) is 0 Å². The van der Waals surface area contributed by atoms with Gasteiger partial charge < -0.3 is 14.2 Å². The van der Waals surface area contributed by atoms with Crippen LogP contribution in [0.1, 0.15) is 10.6 Å². The standard InChI is InChI=1S/C20H23N3O3/c1-2-10-23(17-7-4-3-5-8-17)19(24)16-21-11-13-22(14-12-21)20(25)18-9-6-15-26-18/h2-9,15H,1,10-14,16H2. The second-order valence-electron chi connectivity index (χ2n) is 6.17. The molecule has 0 atom stereocenters. The third-order valence-corrected chi connectivity index (χ3v) is 4.43. The maximum absolute atomic E-state index is 12.7. The third-order valence-electron chi connectivity index (χ3n) is 4.43. The van der Waals surface area contributed by atoms with E-state index in [1.54, 1.807) is 28.0 Å². The highest BCUT2D eigenvalue weighted by atomic mass is 16.3. The van der Waals surface area contributed by atoms with Crippen LogP contribution in [0.15, 0.2) is 65.8 Å². The zero-order chi connectivity index (χ0) is 18.4. The zero-order valence-corrected chi connectivity index (χ0v) is 14.7. The molecule has 0 spiro atoms. The van der Waals surface area contributed by atoms with E-state index < -0.39 is 0 Å². The lowest BCUT2D eigenvalue weighted by atomic mass is 10.2. The molecule has 0 radical (unpaired) electrons. The monoisotopic (exact) mass is 353 g/mol. The number of benzene rings is 1. The quantitative estimate of drug-likeness (QED) is 0.748. The number of para-hydroxylation sites is 1. The molecule has 0 aliphatic carbocycles. The van der Waals surface area contributed by atoms with Gasteiger partial charge in [-0.05, 0) is 24.3 Å². The number of anilines is 1. The molecule has 6 nitrogen and oxygen atoms in total. The molecule has 2 amide bonds. The van der Waals surface area contributed by atoms with Crippen molar-refractivity contribution in [3.63, 3.8) is 0 Å². The molecular weight excluding hydrogens is 330 g/mol. The Morgan fingerprint density at radius 3 is 2.42 bits per heavy atom. The van der Waals surface area contributed by atoms with Crippen molar-refractivity contribution in [2.45, 2.75) is 0 Å². The highest BCUT2D eigenvalue weighted by Gasteiger charge is 2.26. The summed E-state index contributed by atoms with van der Waals surface area (Å²) < 4.78 is 5.17. The molecule has 0 N–H and O–H groups in total. The number of furan rings is 1. The molecule has 136 valence electrons. The van der Waals surface area contributed by atoms with Crippen molar-refractivity contribution >= 4 is 17.5 Å². The Kier molecular flexibility index (Phi) is 5.86. The number of carbonyl (C=O) groups is 2. The molecule has 1 aliphatic heterocycles. The number of carbonyl (C=O) groups excluding carboxylic acids is 2. The van der Waals surface area contributed by atoms with Gasteiger partial charge in [0.2, 0.25) is 5.91 Å². The maximum atomic E-state index is 12.7. The van der Waals surface area contributed by atoms with Gasteiger partial charge in [-0.2, -0.15) is 0 Å². The molecule has 26 heavy (non-hydrogen) atoms. The summed E-state index contributed by atoms with van der Waals surface area (Å²) in [5.41, 5.74) is 0.865. The minimum atomic E-state index is -0.0986. The lowest BCUT2D eigenvalue weighted by molar-refractivity contribution is -0.120. The Hall–Kier alpha value is -2.86. The summed E-state index contributed by atoms with van der Waals surface area (Å²) in [6.45, 7) is 7.03. The van der Waals surface area contributed by atoms with Gasteiger partial charge in [-0.3, -0.25) is 14.5 Å². The minimum Gasteiger partial charge on any atom is -0.459 e. The predicted octanol–water partition coefficient (Wildman–Crippen LogP) is 2.26. The van der Waals surface area contributed by atoms with E-state index in [4.69, 9.17) is 4.42 Å². The van der Waals surface area contributed by atoms with Gasteiger partial charge in [0, 0.05) is 38.4 Å². The second-order valence-corrected chi connectivity index (χ2v) is 6.17. The lowest BCUT2D eigenvalue weighted by Crippen LogP contribution is -2.51. The van der Waals surface area contributed by atoms with E-state index in [1.807, 2.05) is 30.3 Å². The first kappa shape index (κ1) is 17.9. The number of piperazine rings is 1. The Balaban J connectivity index is 1.55. The van der Waals surface area contributed by atoms with Crippen LogP contribution in [0.3, 0.4) is 0 Å². The van der Waals surface area contributed by atoms with Crippen LogP contribution in [0.4, 0.5) is 5.69 Å². The van der Waals surface area contributed by atoms with Gasteiger partial charge in [0.15, 0.2) is 5.76 Å². The Bertz CT molecular complexity index is 735. The first-order valence-corrected chi connectivity index (χ1v) is 8.70.